The molecule has 2 N–H and O–H groups in total. The average Bonchev–Trinajstić information content (AvgIpc) is 3.05. The zero-order chi connectivity index (χ0) is 19.1. The minimum Gasteiger partial charge on any atom is -0.492 e. The van der Waals surface area contributed by atoms with Crippen molar-refractivity contribution in [3.63, 3.8) is 0 Å². The summed E-state index contributed by atoms with van der Waals surface area (Å²) in [6.07, 6.45) is 2.40. The maximum Gasteiger partial charge on any atom is 0.319 e. The topological polar surface area (TPSA) is 98.1 Å². The van der Waals surface area contributed by atoms with Crippen molar-refractivity contribution in [2.75, 3.05) is 11.9 Å². The lowest BCUT2D eigenvalue weighted by atomic mass is 10.1. The maximum atomic E-state index is 12.4. The first-order valence-corrected chi connectivity index (χ1v) is 8.69. The molecule has 0 spiro atoms. The van der Waals surface area contributed by atoms with E-state index in [4.69, 9.17) is 4.74 Å². The molecule has 0 aliphatic rings. The highest BCUT2D eigenvalue weighted by molar-refractivity contribution is 5.98. The maximum absolute atomic E-state index is 12.4. The smallest absolute Gasteiger partial charge is 0.319 e. The molecule has 0 radical (unpaired) electrons. The Morgan fingerprint density at radius 1 is 1.31 bits per heavy atom. The molecule has 0 saturated carbocycles. The van der Waals surface area contributed by atoms with Crippen LogP contribution in [0, 0.1) is 0 Å². The van der Waals surface area contributed by atoms with Gasteiger partial charge in [-0.15, -0.1) is 0 Å². The van der Waals surface area contributed by atoms with Crippen molar-refractivity contribution in [2.45, 2.75) is 46.7 Å². The van der Waals surface area contributed by atoms with Crippen molar-refractivity contribution >= 4 is 17.5 Å². The van der Waals surface area contributed by atoms with E-state index < -0.39 is 6.03 Å². The van der Waals surface area contributed by atoms with E-state index in [0.717, 1.165) is 13.0 Å². The van der Waals surface area contributed by atoms with Crippen LogP contribution in [0.2, 0.25) is 0 Å². The van der Waals surface area contributed by atoms with Gasteiger partial charge in [-0.3, -0.25) is 4.79 Å². The fraction of sp³-hybridized carbons (Fsp3) is 0.444. The molecule has 2 rings (SSSR count). The number of aryl methyl sites for hydroxylation is 1. The molecule has 0 aliphatic heterocycles. The fourth-order valence-corrected chi connectivity index (χ4v) is 2.54. The molecule has 8 nitrogen and oxygen atoms in total. The van der Waals surface area contributed by atoms with Crippen molar-refractivity contribution in [2.24, 2.45) is 0 Å². The summed E-state index contributed by atoms with van der Waals surface area (Å²) < 4.78 is 7.29. The van der Waals surface area contributed by atoms with E-state index in [1.54, 1.807) is 22.9 Å². The number of carbonyl (C=O) groups is 2. The van der Waals surface area contributed by atoms with Gasteiger partial charge in [-0.05, 0) is 45.4 Å². The lowest BCUT2D eigenvalue weighted by Crippen LogP contribution is -2.33. The summed E-state index contributed by atoms with van der Waals surface area (Å²) in [4.78, 5) is 28.2. The minimum atomic E-state index is -0.412. The monoisotopic (exact) mass is 359 g/mol. The molecular weight excluding hydrogens is 334 g/mol. The van der Waals surface area contributed by atoms with Gasteiger partial charge in [0.1, 0.15) is 17.9 Å². The predicted octanol–water partition coefficient (Wildman–Crippen LogP) is 3.17. The van der Waals surface area contributed by atoms with Crippen LogP contribution in [0.1, 0.15) is 56.3 Å². The molecule has 8 heteroatoms. The molecule has 0 unspecified atom stereocenters. The number of hydrogen-bond donors (Lipinski definition) is 2. The van der Waals surface area contributed by atoms with Crippen molar-refractivity contribution in [3.8, 4) is 5.75 Å². The Hall–Kier alpha value is -2.90. The van der Waals surface area contributed by atoms with Crippen LogP contribution in [0.5, 0.6) is 5.75 Å². The van der Waals surface area contributed by atoms with E-state index >= 15 is 0 Å². The number of aromatic nitrogens is 3. The highest BCUT2D eigenvalue weighted by atomic mass is 16.5. The Morgan fingerprint density at radius 2 is 2.08 bits per heavy atom. The number of ether oxygens (including phenoxy) is 1. The van der Waals surface area contributed by atoms with Crippen molar-refractivity contribution in [3.05, 3.63) is 35.9 Å². The van der Waals surface area contributed by atoms with Gasteiger partial charge in [0, 0.05) is 12.1 Å². The SMILES string of the molecule is CCCn1ncnc1[C@@H](C)NC(=O)Nc1cc(C(C)=O)ccc1OCC. The average molecular weight is 359 g/mol. The number of amides is 2. The lowest BCUT2D eigenvalue weighted by Gasteiger charge is -2.17. The standard InChI is InChI=1S/C18H25N5O3/c1-5-9-23-17(19-11-20-23)12(3)21-18(25)22-15-10-14(13(4)24)7-8-16(15)26-6-2/h7-8,10-12H,5-6,9H2,1-4H3,(H2,21,22,25)/t12-/m1/s1. The number of urea groups is 1. The van der Waals surface area contributed by atoms with Gasteiger partial charge in [0.15, 0.2) is 5.78 Å². The van der Waals surface area contributed by atoms with Gasteiger partial charge < -0.3 is 15.4 Å². The van der Waals surface area contributed by atoms with Crippen LogP contribution in [-0.2, 0) is 6.54 Å². The molecule has 1 heterocycles. The van der Waals surface area contributed by atoms with E-state index in [1.165, 1.54) is 13.3 Å². The highest BCUT2D eigenvalue weighted by Gasteiger charge is 2.17. The van der Waals surface area contributed by atoms with Gasteiger partial charge in [-0.1, -0.05) is 6.92 Å². The van der Waals surface area contributed by atoms with Crippen LogP contribution in [-0.4, -0.2) is 33.2 Å². The van der Waals surface area contributed by atoms with E-state index in [9.17, 15) is 9.59 Å². The summed E-state index contributed by atoms with van der Waals surface area (Å²) in [5.74, 6) is 1.11. The largest absolute Gasteiger partial charge is 0.492 e. The molecule has 1 atom stereocenters. The van der Waals surface area contributed by atoms with Gasteiger partial charge in [0.25, 0.3) is 0 Å². The van der Waals surface area contributed by atoms with Gasteiger partial charge in [0.05, 0.1) is 18.3 Å². The van der Waals surface area contributed by atoms with Crippen LogP contribution < -0.4 is 15.4 Å². The molecule has 0 bridgehead atoms. The first kappa shape index (κ1) is 19.4. The summed E-state index contributed by atoms with van der Waals surface area (Å²) >= 11 is 0. The third-order valence-electron chi connectivity index (χ3n) is 3.75. The highest BCUT2D eigenvalue weighted by Crippen LogP contribution is 2.26. The molecule has 26 heavy (non-hydrogen) atoms. The third-order valence-corrected chi connectivity index (χ3v) is 3.75. The Labute approximate surface area is 153 Å². The lowest BCUT2D eigenvalue weighted by molar-refractivity contribution is 0.101. The predicted molar refractivity (Wildman–Crippen MR) is 98.5 cm³/mol. The van der Waals surface area contributed by atoms with Crippen molar-refractivity contribution in [1.29, 1.82) is 0 Å². The molecule has 0 fully saturated rings. The number of anilines is 1. The van der Waals surface area contributed by atoms with Gasteiger partial charge in [-0.25, -0.2) is 14.5 Å². The molecule has 2 amide bonds. The quantitative estimate of drug-likeness (QED) is 0.706. The summed E-state index contributed by atoms with van der Waals surface area (Å²) in [5, 5.41) is 9.75. The van der Waals surface area contributed by atoms with Gasteiger partial charge in [-0.2, -0.15) is 5.10 Å². The Bertz CT molecular complexity index is 772. The van der Waals surface area contributed by atoms with E-state index in [-0.39, 0.29) is 11.8 Å². The molecule has 1 aromatic carbocycles. The number of ketones is 1. The number of hydrogen-bond acceptors (Lipinski definition) is 5. The second-order valence-electron chi connectivity index (χ2n) is 5.86. The second-order valence-corrected chi connectivity index (χ2v) is 5.86. The Balaban J connectivity index is 2.12. The van der Waals surface area contributed by atoms with Crippen LogP contribution in [0.25, 0.3) is 0 Å². The first-order valence-electron chi connectivity index (χ1n) is 8.69. The second kappa shape index (κ2) is 8.98. The number of benzene rings is 1. The van der Waals surface area contributed by atoms with E-state index in [2.05, 4.69) is 20.7 Å². The first-order chi connectivity index (χ1) is 12.5. The zero-order valence-corrected chi connectivity index (χ0v) is 15.6. The summed E-state index contributed by atoms with van der Waals surface area (Å²) in [6.45, 7) is 8.40. The number of carbonyl (C=O) groups excluding carboxylic acids is 2. The van der Waals surface area contributed by atoms with E-state index in [0.29, 0.717) is 29.4 Å². The third kappa shape index (κ3) is 4.81. The van der Waals surface area contributed by atoms with Crippen molar-refractivity contribution < 1.29 is 14.3 Å². The number of nitrogens with one attached hydrogen (secondary N) is 2. The Morgan fingerprint density at radius 3 is 2.73 bits per heavy atom. The van der Waals surface area contributed by atoms with Crippen LogP contribution >= 0.6 is 0 Å². The normalized spacial score (nSPS) is 11.7. The summed E-state index contributed by atoms with van der Waals surface area (Å²) in [5.41, 5.74) is 0.943. The number of rotatable bonds is 8. The van der Waals surface area contributed by atoms with Crippen LogP contribution in [0.3, 0.4) is 0 Å². The zero-order valence-electron chi connectivity index (χ0n) is 15.6. The van der Waals surface area contributed by atoms with Crippen molar-refractivity contribution in [1.82, 2.24) is 20.1 Å². The molecule has 2 aromatic rings. The molecule has 1 aromatic heterocycles. The molecule has 0 aliphatic carbocycles. The van der Waals surface area contributed by atoms with Gasteiger partial charge in [0.2, 0.25) is 0 Å². The van der Waals surface area contributed by atoms with Gasteiger partial charge >= 0.3 is 6.03 Å². The molecule has 140 valence electrons. The molecule has 0 saturated heterocycles. The van der Waals surface area contributed by atoms with Crippen LogP contribution in [0.4, 0.5) is 10.5 Å². The molecular formula is C18H25N5O3. The minimum absolute atomic E-state index is 0.0856. The van der Waals surface area contributed by atoms with E-state index in [1.807, 2.05) is 20.8 Å². The summed E-state index contributed by atoms with van der Waals surface area (Å²) in [7, 11) is 0. The Kier molecular flexibility index (Phi) is 6.71. The number of Topliss-reactive ketones (excluding diaryl/α,β-unsaturated/α-hetero) is 1. The van der Waals surface area contributed by atoms with Crippen LogP contribution in [0.15, 0.2) is 24.5 Å². The number of nitrogens with zero attached hydrogens (tertiary/aromatic N) is 3. The summed E-state index contributed by atoms with van der Waals surface area (Å²) in [6, 6.07) is 4.22. The fourth-order valence-electron chi connectivity index (χ4n) is 2.54.